The van der Waals surface area contributed by atoms with E-state index in [1.54, 1.807) is 33.9 Å². The number of para-hydroxylation sites is 1. The van der Waals surface area contributed by atoms with E-state index in [4.69, 9.17) is 4.98 Å². The van der Waals surface area contributed by atoms with Gasteiger partial charge in [0.1, 0.15) is 5.01 Å². The van der Waals surface area contributed by atoms with Crippen molar-refractivity contribution in [1.29, 1.82) is 0 Å². The molecule has 0 saturated carbocycles. The van der Waals surface area contributed by atoms with Gasteiger partial charge >= 0.3 is 0 Å². The molecule has 30 heavy (non-hydrogen) atoms. The van der Waals surface area contributed by atoms with Gasteiger partial charge in [-0.3, -0.25) is 4.31 Å². The molecule has 2 aromatic heterocycles. The van der Waals surface area contributed by atoms with E-state index in [-0.39, 0.29) is 5.75 Å². The number of anilines is 1. The highest BCUT2D eigenvalue weighted by Crippen LogP contribution is 2.36. The molecule has 0 spiro atoms. The number of thiazole rings is 1. The van der Waals surface area contributed by atoms with Crippen molar-refractivity contribution in [3.05, 3.63) is 94.8 Å². The van der Waals surface area contributed by atoms with E-state index in [9.17, 15) is 8.42 Å². The molecular weight excluding hydrogens is 432 g/mol. The second-order valence-corrected chi connectivity index (χ2v) is 10.7. The zero-order valence-corrected chi connectivity index (χ0v) is 19.0. The lowest BCUT2D eigenvalue weighted by atomic mass is 10.0. The van der Waals surface area contributed by atoms with Crippen LogP contribution in [-0.4, -0.2) is 19.2 Å². The first-order valence-corrected chi connectivity index (χ1v) is 13.1. The smallest absolute Gasteiger partial charge is 0.235 e. The standard InChI is InChI=1S/C23H22N2O2S3/c1-2-30(26,27)25(19-12-7-4-8-13-19)21(16-18-10-5-3-6-11-18)20-17-29-23(24-20)22-14-9-15-28-22/h3-15,17,21H,2,16H2,1H3. The first-order valence-electron chi connectivity index (χ1n) is 9.69. The Bertz CT molecular complexity index is 1170. The Balaban J connectivity index is 1.83. The third-order valence-electron chi connectivity index (χ3n) is 4.83. The highest BCUT2D eigenvalue weighted by molar-refractivity contribution is 7.92. The van der Waals surface area contributed by atoms with Crippen molar-refractivity contribution in [3.63, 3.8) is 0 Å². The van der Waals surface area contributed by atoms with Crippen LogP contribution in [0, 0.1) is 0 Å². The molecule has 4 aromatic rings. The minimum Gasteiger partial charge on any atom is -0.261 e. The lowest BCUT2D eigenvalue weighted by Crippen LogP contribution is -2.37. The number of hydrogen-bond donors (Lipinski definition) is 0. The normalized spacial score (nSPS) is 12.6. The maximum Gasteiger partial charge on any atom is 0.235 e. The van der Waals surface area contributed by atoms with Crippen molar-refractivity contribution in [2.24, 2.45) is 0 Å². The van der Waals surface area contributed by atoms with Crippen molar-refractivity contribution < 1.29 is 8.42 Å². The molecule has 0 aliphatic rings. The molecule has 0 fully saturated rings. The van der Waals surface area contributed by atoms with E-state index >= 15 is 0 Å². The Morgan fingerprint density at radius 3 is 2.27 bits per heavy atom. The third kappa shape index (κ3) is 4.48. The summed E-state index contributed by atoms with van der Waals surface area (Å²) in [5.41, 5.74) is 2.50. The molecule has 1 atom stereocenters. The van der Waals surface area contributed by atoms with Gasteiger partial charge in [0.15, 0.2) is 0 Å². The summed E-state index contributed by atoms with van der Waals surface area (Å²) in [6.45, 7) is 1.68. The molecule has 0 aliphatic carbocycles. The van der Waals surface area contributed by atoms with Gasteiger partial charge in [-0.1, -0.05) is 54.6 Å². The lowest BCUT2D eigenvalue weighted by Gasteiger charge is -2.32. The van der Waals surface area contributed by atoms with E-state index in [1.165, 1.54) is 0 Å². The summed E-state index contributed by atoms with van der Waals surface area (Å²) in [7, 11) is -3.52. The minimum absolute atomic E-state index is 0.0229. The Morgan fingerprint density at radius 1 is 0.933 bits per heavy atom. The first-order chi connectivity index (χ1) is 14.6. The predicted molar refractivity (Wildman–Crippen MR) is 127 cm³/mol. The molecule has 4 rings (SSSR count). The molecule has 7 heteroatoms. The average Bonchev–Trinajstić information content (AvgIpc) is 3.47. The van der Waals surface area contributed by atoms with E-state index in [1.807, 2.05) is 83.6 Å². The Hall–Kier alpha value is -2.48. The highest BCUT2D eigenvalue weighted by atomic mass is 32.2. The molecule has 4 nitrogen and oxygen atoms in total. The van der Waals surface area contributed by atoms with E-state index < -0.39 is 16.1 Å². The Labute approximate surface area is 185 Å². The number of benzene rings is 2. The topological polar surface area (TPSA) is 50.3 Å². The van der Waals surface area contributed by atoms with Gasteiger partial charge in [0.05, 0.1) is 28.1 Å². The molecule has 154 valence electrons. The van der Waals surface area contributed by atoms with Crippen molar-refractivity contribution >= 4 is 38.4 Å². The van der Waals surface area contributed by atoms with Crippen molar-refractivity contribution in [1.82, 2.24) is 4.98 Å². The van der Waals surface area contributed by atoms with Crippen LogP contribution in [0.2, 0.25) is 0 Å². The molecule has 0 bridgehead atoms. The monoisotopic (exact) mass is 454 g/mol. The molecule has 0 aliphatic heterocycles. The largest absolute Gasteiger partial charge is 0.261 e. The van der Waals surface area contributed by atoms with E-state index in [0.717, 1.165) is 21.1 Å². The van der Waals surface area contributed by atoms with Crippen molar-refractivity contribution in [2.75, 3.05) is 10.1 Å². The average molecular weight is 455 g/mol. The summed E-state index contributed by atoms with van der Waals surface area (Å²) in [5.74, 6) is 0.0229. The first kappa shape index (κ1) is 20.8. The summed E-state index contributed by atoms with van der Waals surface area (Å²) in [5, 5.41) is 4.93. The van der Waals surface area contributed by atoms with Gasteiger partial charge in [-0.2, -0.15) is 0 Å². The quantitative estimate of drug-likeness (QED) is 0.327. The van der Waals surface area contributed by atoms with Crippen LogP contribution in [0.15, 0.2) is 83.6 Å². The Morgan fingerprint density at radius 2 is 1.63 bits per heavy atom. The van der Waals surface area contributed by atoms with Gasteiger partial charge < -0.3 is 0 Å². The number of hydrogen-bond acceptors (Lipinski definition) is 5. The van der Waals surface area contributed by atoms with Crippen LogP contribution in [0.25, 0.3) is 9.88 Å². The van der Waals surface area contributed by atoms with E-state index in [0.29, 0.717) is 12.1 Å². The summed E-state index contributed by atoms with van der Waals surface area (Å²) in [6, 6.07) is 22.9. The lowest BCUT2D eigenvalue weighted by molar-refractivity contribution is 0.575. The van der Waals surface area contributed by atoms with Gasteiger partial charge in [-0.05, 0) is 42.5 Å². The van der Waals surface area contributed by atoms with Crippen LogP contribution in [0.3, 0.4) is 0 Å². The van der Waals surface area contributed by atoms with Crippen LogP contribution < -0.4 is 4.31 Å². The molecule has 2 heterocycles. The van der Waals surface area contributed by atoms with Crippen LogP contribution >= 0.6 is 22.7 Å². The number of aromatic nitrogens is 1. The van der Waals surface area contributed by atoms with E-state index in [2.05, 4.69) is 0 Å². The molecule has 0 N–H and O–H groups in total. The van der Waals surface area contributed by atoms with Gasteiger partial charge in [0.2, 0.25) is 10.0 Å². The number of nitrogens with zero attached hydrogens (tertiary/aromatic N) is 2. The molecule has 0 saturated heterocycles. The number of rotatable bonds is 8. The SMILES string of the molecule is CCS(=O)(=O)N(c1ccccc1)C(Cc1ccccc1)c1csc(-c2cccs2)n1. The Kier molecular flexibility index (Phi) is 6.32. The second kappa shape index (κ2) is 9.12. The van der Waals surface area contributed by atoms with Crippen molar-refractivity contribution in [2.45, 2.75) is 19.4 Å². The molecular formula is C23H22N2O2S3. The predicted octanol–water partition coefficient (Wildman–Crippen LogP) is 6.01. The van der Waals surface area contributed by atoms with Gasteiger partial charge in [0.25, 0.3) is 0 Å². The van der Waals surface area contributed by atoms with Crippen molar-refractivity contribution in [3.8, 4) is 9.88 Å². The number of sulfonamides is 1. The maximum atomic E-state index is 13.2. The summed E-state index contributed by atoms with van der Waals surface area (Å²) < 4.78 is 28.0. The third-order valence-corrected chi connectivity index (χ3v) is 8.52. The summed E-state index contributed by atoms with van der Waals surface area (Å²) in [6.07, 6.45) is 0.544. The van der Waals surface area contributed by atoms with Crippen LogP contribution in [0.5, 0.6) is 0 Å². The van der Waals surface area contributed by atoms with Crippen LogP contribution in [0.4, 0.5) is 5.69 Å². The highest BCUT2D eigenvalue weighted by Gasteiger charge is 2.32. The van der Waals surface area contributed by atoms with Crippen LogP contribution in [0.1, 0.15) is 24.2 Å². The number of thiophene rings is 1. The fourth-order valence-electron chi connectivity index (χ4n) is 3.35. The second-order valence-electron chi connectivity index (χ2n) is 6.79. The molecule has 0 radical (unpaired) electrons. The zero-order chi connectivity index (χ0) is 21.0. The van der Waals surface area contributed by atoms with Gasteiger partial charge in [-0.15, -0.1) is 22.7 Å². The minimum atomic E-state index is -3.52. The van der Waals surface area contributed by atoms with Crippen LogP contribution in [-0.2, 0) is 16.4 Å². The summed E-state index contributed by atoms with van der Waals surface area (Å²) >= 11 is 3.19. The fourth-order valence-corrected chi connectivity index (χ4v) is 6.32. The summed E-state index contributed by atoms with van der Waals surface area (Å²) in [4.78, 5) is 5.96. The zero-order valence-electron chi connectivity index (χ0n) is 16.5. The van der Waals surface area contributed by atoms with Gasteiger partial charge in [0, 0.05) is 5.38 Å². The molecule has 0 amide bonds. The van der Waals surface area contributed by atoms with Gasteiger partial charge in [-0.25, -0.2) is 13.4 Å². The fraction of sp³-hybridized carbons (Fsp3) is 0.174. The molecule has 2 aromatic carbocycles. The maximum absolute atomic E-state index is 13.2. The molecule has 1 unspecified atom stereocenters.